The number of Topliss-reactive ketones (excluding diaryl/α,β-unsaturated/α-hetero) is 1. The summed E-state index contributed by atoms with van der Waals surface area (Å²) in [5.74, 6) is -0.380. The van der Waals surface area contributed by atoms with Crippen LogP contribution in [0.5, 0.6) is 11.5 Å². The molecular weight excluding hydrogens is 338 g/mol. The second-order valence-electron chi connectivity index (χ2n) is 6.27. The lowest BCUT2D eigenvalue weighted by atomic mass is 9.95. The summed E-state index contributed by atoms with van der Waals surface area (Å²) in [4.78, 5) is 35.0. The van der Waals surface area contributed by atoms with Gasteiger partial charge in [-0.15, -0.1) is 0 Å². The zero-order valence-corrected chi connectivity index (χ0v) is 15.2. The van der Waals surface area contributed by atoms with Crippen LogP contribution in [0.2, 0.25) is 0 Å². The normalized spacial score (nSPS) is 14.4. The summed E-state index contributed by atoms with van der Waals surface area (Å²) in [6.45, 7) is 0.774. The maximum absolute atomic E-state index is 11.8. The highest BCUT2D eigenvalue weighted by Gasteiger charge is 2.17. The molecule has 1 N–H and O–H groups in total. The van der Waals surface area contributed by atoms with Crippen LogP contribution in [0.1, 0.15) is 49.4 Å². The van der Waals surface area contributed by atoms with Gasteiger partial charge in [-0.1, -0.05) is 19.3 Å². The van der Waals surface area contributed by atoms with Gasteiger partial charge in [0.25, 0.3) is 5.91 Å². The summed E-state index contributed by atoms with van der Waals surface area (Å²) < 4.78 is 15.5. The van der Waals surface area contributed by atoms with Gasteiger partial charge in [-0.25, -0.2) is 4.79 Å². The number of nitrogens with one attached hydrogen (secondary N) is 1. The van der Waals surface area contributed by atoms with Gasteiger partial charge < -0.3 is 19.5 Å². The van der Waals surface area contributed by atoms with Crippen LogP contribution >= 0.6 is 0 Å². The van der Waals surface area contributed by atoms with E-state index in [1.54, 1.807) is 18.2 Å². The summed E-state index contributed by atoms with van der Waals surface area (Å²) >= 11 is 0. The average Bonchev–Trinajstić information content (AvgIpc) is 2.65. The Hall–Kier alpha value is -2.57. The van der Waals surface area contributed by atoms with Crippen molar-refractivity contribution in [1.82, 2.24) is 5.32 Å². The van der Waals surface area contributed by atoms with Gasteiger partial charge in [0.15, 0.2) is 30.5 Å². The molecule has 7 nitrogen and oxygen atoms in total. The summed E-state index contributed by atoms with van der Waals surface area (Å²) in [7, 11) is 1.44. The Bertz CT molecular complexity index is 651. The van der Waals surface area contributed by atoms with Crippen molar-refractivity contribution < 1.29 is 28.6 Å². The monoisotopic (exact) mass is 363 g/mol. The SMILES string of the molecule is COc1cc(C(C)=O)ccc1OCC(=O)OCC(=O)NC1CCCCC1. The molecule has 26 heavy (non-hydrogen) atoms. The van der Waals surface area contributed by atoms with E-state index in [4.69, 9.17) is 14.2 Å². The first-order chi connectivity index (χ1) is 12.5. The fourth-order valence-electron chi connectivity index (χ4n) is 2.85. The van der Waals surface area contributed by atoms with Crippen molar-refractivity contribution in [3.05, 3.63) is 23.8 Å². The van der Waals surface area contributed by atoms with E-state index < -0.39 is 5.97 Å². The Kier molecular flexibility index (Phi) is 7.44. The number of ketones is 1. The van der Waals surface area contributed by atoms with E-state index in [0.717, 1.165) is 25.7 Å². The van der Waals surface area contributed by atoms with Gasteiger partial charge >= 0.3 is 5.97 Å². The van der Waals surface area contributed by atoms with E-state index in [1.807, 2.05) is 0 Å². The van der Waals surface area contributed by atoms with E-state index in [2.05, 4.69) is 5.32 Å². The average molecular weight is 363 g/mol. The van der Waals surface area contributed by atoms with Crippen LogP contribution in [0.4, 0.5) is 0 Å². The van der Waals surface area contributed by atoms with Crippen molar-refractivity contribution in [2.45, 2.75) is 45.1 Å². The van der Waals surface area contributed by atoms with Gasteiger partial charge in [-0.2, -0.15) is 0 Å². The quantitative estimate of drug-likeness (QED) is 0.563. The number of carbonyl (C=O) groups is 3. The third-order valence-corrected chi connectivity index (χ3v) is 4.25. The van der Waals surface area contributed by atoms with Crippen molar-refractivity contribution >= 4 is 17.7 Å². The Morgan fingerprint density at radius 2 is 1.81 bits per heavy atom. The predicted molar refractivity (Wildman–Crippen MR) is 94.5 cm³/mol. The molecular formula is C19H25NO6. The number of rotatable bonds is 8. The van der Waals surface area contributed by atoms with Crippen molar-refractivity contribution in [2.75, 3.05) is 20.3 Å². The summed E-state index contributed by atoms with van der Waals surface area (Å²) in [6.07, 6.45) is 5.37. The molecule has 1 fully saturated rings. The maximum atomic E-state index is 11.8. The molecule has 0 heterocycles. The number of hydrogen-bond acceptors (Lipinski definition) is 6. The number of benzene rings is 1. The van der Waals surface area contributed by atoms with Gasteiger partial charge in [0.1, 0.15) is 0 Å². The van der Waals surface area contributed by atoms with Gasteiger partial charge in [-0.05, 0) is 38.0 Å². The van der Waals surface area contributed by atoms with Crippen molar-refractivity contribution in [3.63, 3.8) is 0 Å². The lowest BCUT2D eigenvalue weighted by molar-refractivity contribution is -0.150. The zero-order chi connectivity index (χ0) is 18.9. The van der Waals surface area contributed by atoms with E-state index >= 15 is 0 Å². The van der Waals surface area contributed by atoms with Gasteiger partial charge in [0, 0.05) is 11.6 Å². The first-order valence-electron chi connectivity index (χ1n) is 8.76. The van der Waals surface area contributed by atoms with E-state index in [-0.39, 0.29) is 30.9 Å². The van der Waals surface area contributed by atoms with Crippen molar-refractivity contribution in [2.24, 2.45) is 0 Å². The van der Waals surface area contributed by atoms with Gasteiger partial charge in [0.2, 0.25) is 0 Å². The molecule has 1 aromatic rings. The number of esters is 1. The molecule has 1 aliphatic carbocycles. The Morgan fingerprint density at radius 3 is 2.46 bits per heavy atom. The maximum Gasteiger partial charge on any atom is 0.344 e. The second-order valence-corrected chi connectivity index (χ2v) is 6.27. The topological polar surface area (TPSA) is 90.9 Å². The Balaban J connectivity index is 1.76. The molecule has 0 atom stereocenters. The fraction of sp³-hybridized carbons (Fsp3) is 0.526. The molecule has 0 unspecified atom stereocenters. The summed E-state index contributed by atoms with van der Waals surface area (Å²) in [5, 5.41) is 2.87. The van der Waals surface area contributed by atoms with Crippen LogP contribution in [-0.2, 0) is 14.3 Å². The minimum absolute atomic E-state index is 0.0989. The summed E-state index contributed by atoms with van der Waals surface area (Å²) in [6, 6.07) is 4.86. The largest absolute Gasteiger partial charge is 0.493 e. The first kappa shape index (κ1) is 19.8. The minimum Gasteiger partial charge on any atom is -0.493 e. The van der Waals surface area contributed by atoms with Crippen LogP contribution in [0, 0.1) is 0 Å². The lowest BCUT2D eigenvalue weighted by Crippen LogP contribution is -2.39. The third-order valence-electron chi connectivity index (χ3n) is 4.25. The van der Waals surface area contributed by atoms with Gasteiger partial charge in [-0.3, -0.25) is 9.59 Å². The van der Waals surface area contributed by atoms with Gasteiger partial charge in [0.05, 0.1) is 7.11 Å². The van der Waals surface area contributed by atoms with Crippen LogP contribution in [-0.4, -0.2) is 44.0 Å². The van der Waals surface area contributed by atoms with E-state index in [9.17, 15) is 14.4 Å². The third kappa shape index (κ3) is 6.06. The van der Waals surface area contributed by atoms with Crippen molar-refractivity contribution in [3.8, 4) is 11.5 Å². The molecule has 7 heteroatoms. The number of hydrogen-bond donors (Lipinski definition) is 1. The first-order valence-corrected chi connectivity index (χ1v) is 8.76. The predicted octanol–water partition coefficient (Wildman–Crippen LogP) is 2.27. The smallest absolute Gasteiger partial charge is 0.344 e. The van der Waals surface area contributed by atoms with E-state index in [1.165, 1.54) is 20.5 Å². The molecule has 142 valence electrons. The molecule has 1 saturated carbocycles. The standard InChI is InChI=1S/C19H25NO6/c1-13(21)14-8-9-16(17(10-14)24-2)25-12-19(23)26-11-18(22)20-15-6-4-3-5-7-15/h8-10,15H,3-7,11-12H2,1-2H3,(H,20,22). The van der Waals surface area contributed by atoms with Crippen LogP contribution in [0.25, 0.3) is 0 Å². The van der Waals surface area contributed by atoms with Crippen LogP contribution in [0.3, 0.4) is 0 Å². The Morgan fingerprint density at radius 1 is 1.08 bits per heavy atom. The molecule has 0 bridgehead atoms. The second kappa shape index (κ2) is 9.79. The molecule has 0 spiro atoms. The highest BCUT2D eigenvalue weighted by atomic mass is 16.6. The number of amides is 1. The summed E-state index contributed by atoms with van der Waals surface area (Å²) in [5.41, 5.74) is 0.483. The molecule has 1 aromatic carbocycles. The molecule has 0 aliphatic heterocycles. The lowest BCUT2D eigenvalue weighted by Gasteiger charge is -2.22. The number of methoxy groups -OCH3 is 1. The van der Waals surface area contributed by atoms with Crippen LogP contribution in [0.15, 0.2) is 18.2 Å². The highest BCUT2D eigenvalue weighted by molar-refractivity contribution is 5.94. The zero-order valence-electron chi connectivity index (χ0n) is 15.2. The highest BCUT2D eigenvalue weighted by Crippen LogP contribution is 2.28. The molecule has 0 radical (unpaired) electrons. The van der Waals surface area contributed by atoms with Crippen molar-refractivity contribution in [1.29, 1.82) is 0 Å². The number of carbonyl (C=O) groups excluding carboxylic acids is 3. The Labute approximate surface area is 153 Å². The molecule has 1 aliphatic rings. The number of ether oxygens (including phenoxy) is 3. The molecule has 0 saturated heterocycles. The molecule has 0 aromatic heterocycles. The molecule has 1 amide bonds. The minimum atomic E-state index is -0.651. The molecule has 2 rings (SSSR count). The fourth-order valence-corrected chi connectivity index (χ4v) is 2.85. The van der Waals surface area contributed by atoms with E-state index in [0.29, 0.717) is 17.1 Å². The van der Waals surface area contributed by atoms with Crippen LogP contribution < -0.4 is 14.8 Å².